The van der Waals surface area contributed by atoms with Crippen LogP contribution in [-0.4, -0.2) is 60.0 Å². The first-order chi connectivity index (χ1) is 13.1. The van der Waals surface area contributed by atoms with E-state index in [1.807, 2.05) is 9.80 Å². The molecular weight excluding hydrogens is 340 g/mol. The van der Waals surface area contributed by atoms with Crippen LogP contribution >= 0.6 is 0 Å². The summed E-state index contributed by atoms with van der Waals surface area (Å²) in [5, 5.41) is 3.20. The number of nitrogens with zero attached hydrogens (tertiary/aromatic N) is 2. The number of hydrogen-bond acceptors (Lipinski definition) is 3. The molecule has 4 fully saturated rings. The Morgan fingerprint density at radius 1 is 0.778 bits per heavy atom. The van der Waals surface area contributed by atoms with Crippen LogP contribution in [0.2, 0.25) is 0 Å². The molecule has 1 saturated heterocycles. The predicted molar refractivity (Wildman–Crippen MR) is 105 cm³/mol. The van der Waals surface area contributed by atoms with Gasteiger partial charge in [0.15, 0.2) is 0 Å². The van der Waals surface area contributed by atoms with E-state index < -0.39 is 0 Å². The molecule has 1 heterocycles. The summed E-state index contributed by atoms with van der Waals surface area (Å²) in [6.07, 6.45) is 11.6. The maximum atomic E-state index is 13.1. The fourth-order valence-corrected chi connectivity index (χ4v) is 5.89. The summed E-state index contributed by atoms with van der Waals surface area (Å²) in [6, 6.07) is 0.715. The number of piperazine rings is 1. The van der Waals surface area contributed by atoms with Crippen molar-refractivity contribution >= 4 is 11.9 Å². The third kappa shape index (κ3) is 4.25. The van der Waals surface area contributed by atoms with Crippen molar-refractivity contribution in [2.24, 2.45) is 23.5 Å². The molecule has 3 N–H and O–H groups in total. The molecule has 152 valence electrons. The van der Waals surface area contributed by atoms with Gasteiger partial charge in [-0.3, -0.25) is 4.79 Å². The first-order valence-electron chi connectivity index (χ1n) is 11.2. The highest BCUT2D eigenvalue weighted by molar-refractivity contribution is 5.80. The monoisotopic (exact) mass is 376 g/mol. The first kappa shape index (κ1) is 19.0. The van der Waals surface area contributed by atoms with E-state index in [1.165, 1.54) is 38.5 Å². The van der Waals surface area contributed by atoms with Crippen LogP contribution in [0.3, 0.4) is 0 Å². The number of rotatable bonds is 2. The zero-order valence-electron chi connectivity index (χ0n) is 16.6. The molecule has 4 aliphatic rings. The lowest BCUT2D eigenvalue weighted by molar-refractivity contribution is -0.140. The molecule has 6 heteroatoms. The minimum Gasteiger partial charge on any atom is -0.339 e. The van der Waals surface area contributed by atoms with E-state index in [-0.39, 0.29) is 11.9 Å². The molecular formula is C21H36N4O2. The Bertz CT molecular complexity index is 526. The number of hydrogen-bond donors (Lipinski definition) is 2. The number of nitrogens with one attached hydrogen (secondary N) is 1. The molecule has 27 heavy (non-hydrogen) atoms. The fraction of sp³-hybridized carbons (Fsp3) is 0.905. The molecule has 0 aromatic carbocycles. The Morgan fingerprint density at radius 3 is 2.00 bits per heavy atom. The van der Waals surface area contributed by atoms with E-state index in [2.05, 4.69) is 5.32 Å². The second-order valence-electron chi connectivity index (χ2n) is 9.29. The number of nitrogens with two attached hydrogens (primary N) is 1. The maximum absolute atomic E-state index is 13.1. The Labute approximate surface area is 163 Å². The lowest BCUT2D eigenvalue weighted by Gasteiger charge is -2.45. The van der Waals surface area contributed by atoms with Gasteiger partial charge < -0.3 is 20.9 Å². The van der Waals surface area contributed by atoms with Crippen LogP contribution in [0.4, 0.5) is 4.79 Å². The zero-order chi connectivity index (χ0) is 18.8. The summed E-state index contributed by atoms with van der Waals surface area (Å²) in [4.78, 5) is 29.5. The molecule has 2 unspecified atom stereocenters. The van der Waals surface area contributed by atoms with Gasteiger partial charge >= 0.3 is 6.03 Å². The summed E-state index contributed by atoms with van der Waals surface area (Å²) in [5.41, 5.74) is 6.38. The van der Waals surface area contributed by atoms with E-state index in [0.717, 1.165) is 25.7 Å². The molecule has 1 aliphatic heterocycles. The molecule has 0 radical (unpaired) electrons. The number of fused-ring (bicyclic) bond motifs is 2. The first-order valence-corrected chi connectivity index (χ1v) is 11.2. The lowest BCUT2D eigenvalue weighted by atomic mass is 9.65. The molecule has 3 aliphatic carbocycles. The van der Waals surface area contributed by atoms with Crippen LogP contribution in [-0.2, 0) is 4.79 Å². The minimum atomic E-state index is 0.0622. The number of amides is 3. The van der Waals surface area contributed by atoms with Gasteiger partial charge in [0.2, 0.25) is 5.91 Å². The molecule has 0 aromatic heterocycles. The molecule has 6 nitrogen and oxygen atoms in total. The average molecular weight is 377 g/mol. The zero-order valence-corrected chi connectivity index (χ0v) is 16.6. The van der Waals surface area contributed by atoms with E-state index >= 15 is 0 Å². The van der Waals surface area contributed by atoms with Crippen LogP contribution in [0.25, 0.3) is 0 Å². The third-order valence-corrected chi connectivity index (χ3v) is 7.57. The third-order valence-electron chi connectivity index (χ3n) is 7.57. The largest absolute Gasteiger partial charge is 0.339 e. The predicted octanol–water partition coefficient (Wildman–Crippen LogP) is 2.33. The van der Waals surface area contributed by atoms with Crippen molar-refractivity contribution < 1.29 is 9.59 Å². The van der Waals surface area contributed by atoms with Crippen molar-refractivity contribution in [1.82, 2.24) is 15.1 Å². The van der Waals surface area contributed by atoms with Gasteiger partial charge in [0.25, 0.3) is 0 Å². The van der Waals surface area contributed by atoms with Crippen LogP contribution in [0, 0.1) is 17.8 Å². The van der Waals surface area contributed by atoms with Gasteiger partial charge in [-0.15, -0.1) is 0 Å². The maximum Gasteiger partial charge on any atom is 0.317 e. The van der Waals surface area contributed by atoms with Gasteiger partial charge in [-0.05, 0) is 50.4 Å². The Kier molecular flexibility index (Phi) is 5.90. The molecule has 3 amide bonds. The molecule has 0 spiro atoms. The number of carbonyl (C=O) groups is 2. The quantitative estimate of drug-likeness (QED) is 0.776. The van der Waals surface area contributed by atoms with Gasteiger partial charge in [-0.25, -0.2) is 4.79 Å². The van der Waals surface area contributed by atoms with Crippen LogP contribution in [0.1, 0.15) is 64.2 Å². The second-order valence-corrected chi connectivity index (χ2v) is 9.29. The highest BCUT2D eigenvalue weighted by Gasteiger charge is 2.42. The molecule has 0 aromatic rings. The normalized spacial score (nSPS) is 35.0. The Hall–Kier alpha value is -1.30. The van der Waals surface area contributed by atoms with Crippen LogP contribution < -0.4 is 11.1 Å². The second kappa shape index (κ2) is 8.38. The standard InChI is InChI=1S/C21H36N4O2/c22-19-15-5-4-6-16(19)14-17(13-15)20(26)24-9-11-25(12-10-24)21(27)23-18-7-2-1-3-8-18/h15-19H,1-14,22H2,(H,23,27). The van der Waals surface area contributed by atoms with Crippen LogP contribution in [0.15, 0.2) is 0 Å². The van der Waals surface area contributed by atoms with Crippen molar-refractivity contribution in [3.63, 3.8) is 0 Å². The minimum absolute atomic E-state index is 0.0622. The Morgan fingerprint density at radius 2 is 1.37 bits per heavy atom. The SMILES string of the molecule is NC1C2CCCC1CC(C(=O)N1CCN(C(=O)NC3CCCCC3)CC1)C2. The average Bonchev–Trinajstić information content (AvgIpc) is 2.68. The van der Waals surface area contributed by atoms with E-state index in [9.17, 15) is 9.59 Å². The number of urea groups is 1. The fourth-order valence-electron chi connectivity index (χ4n) is 5.89. The van der Waals surface area contributed by atoms with Crippen molar-refractivity contribution in [3.8, 4) is 0 Å². The van der Waals surface area contributed by atoms with Crippen molar-refractivity contribution in [2.75, 3.05) is 26.2 Å². The van der Waals surface area contributed by atoms with Gasteiger partial charge in [0, 0.05) is 44.2 Å². The van der Waals surface area contributed by atoms with Crippen LogP contribution in [0.5, 0.6) is 0 Å². The van der Waals surface area contributed by atoms with Crippen molar-refractivity contribution in [1.29, 1.82) is 0 Å². The van der Waals surface area contributed by atoms with E-state index in [1.54, 1.807) is 0 Å². The summed E-state index contributed by atoms with van der Waals surface area (Å²) in [7, 11) is 0. The number of carbonyl (C=O) groups excluding carboxylic acids is 2. The van der Waals surface area contributed by atoms with Gasteiger partial charge in [-0.2, -0.15) is 0 Å². The highest BCUT2D eigenvalue weighted by Crippen LogP contribution is 2.42. The highest BCUT2D eigenvalue weighted by atomic mass is 16.2. The molecule has 2 bridgehead atoms. The van der Waals surface area contributed by atoms with Gasteiger partial charge in [0.05, 0.1) is 0 Å². The Balaban J connectivity index is 1.25. The smallest absolute Gasteiger partial charge is 0.317 e. The summed E-state index contributed by atoms with van der Waals surface area (Å²) in [6.45, 7) is 2.66. The van der Waals surface area contributed by atoms with E-state index in [4.69, 9.17) is 5.73 Å². The van der Waals surface area contributed by atoms with Gasteiger partial charge in [0.1, 0.15) is 0 Å². The molecule has 4 rings (SSSR count). The topological polar surface area (TPSA) is 78.7 Å². The van der Waals surface area contributed by atoms with Crippen molar-refractivity contribution in [2.45, 2.75) is 76.3 Å². The molecule has 3 saturated carbocycles. The lowest BCUT2D eigenvalue weighted by Crippen LogP contribution is -2.56. The van der Waals surface area contributed by atoms with E-state index in [0.29, 0.717) is 56.0 Å². The summed E-state index contributed by atoms with van der Waals surface area (Å²) >= 11 is 0. The molecule has 2 atom stereocenters. The summed E-state index contributed by atoms with van der Waals surface area (Å²) < 4.78 is 0. The summed E-state index contributed by atoms with van der Waals surface area (Å²) in [5.74, 6) is 1.54. The van der Waals surface area contributed by atoms with Gasteiger partial charge in [-0.1, -0.05) is 25.7 Å². The van der Waals surface area contributed by atoms with Crippen molar-refractivity contribution in [3.05, 3.63) is 0 Å².